The van der Waals surface area contributed by atoms with Crippen LogP contribution in [0.5, 0.6) is 0 Å². The largest absolute Gasteiger partial charge is 0.480 e. The molecular formula is C14H27NO2. The molecule has 0 bridgehead atoms. The molecule has 1 rings (SSSR count). The zero-order valence-electron chi connectivity index (χ0n) is 11.2. The van der Waals surface area contributed by atoms with Crippen LogP contribution >= 0.6 is 0 Å². The summed E-state index contributed by atoms with van der Waals surface area (Å²) in [4.78, 5) is 13.2. The van der Waals surface area contributed by atoms with Crippen LogP contribution in [-0.4, -0.2) is 35.1 Å². The molecule has 1 saturated heterocycles. The van der Waals surface area contributed by atoms with E-state index in [-0.39, 0.29) is 6.04 Å². The Balaban J connectivity index is 2.39. The minimum atomic E-state index is -0.683. The van der Waals surface area contributed by atoms with Crippen molar-refractivity contribution >= 4 is 5.97 Å². The second kappa shape index (κ2) is 8.51. The van der Waals surface area contributed by atoms with E-state index in [1.165, 1.54) is 44.9 Å². The third-order valence-electron chi connectivity index (χ3n) is 3.80. The summed E-state index contributed by atoms with van der Waals surface area (Å²) in [7, 11) is 0. The Morgan fingerprint density at radius 3 is 1.59 bits per heavy atom. The lowest BCUT2D eigenvalue weighted by Crippen LogP contribution is -2.40. The lowest BCUT2D eigenvalue weighted by Gasteiger charge is -2.26. The molecular weight excluding hydrogens is 214 g/mol. The third kappa shape index (κ3) is 6.06. The molecule has 0 aromatic carbocycles. The predicted molar refractivity (Wildman–Crippen MR) is 70.2 cm³/mol. The maximum Gasteiger partial charge on any atom is 0.320 e. The summed E-state index contributed by atoms with van der Waals surface area (Å²) >= 11 is 0. The number of nitrogens with zero attached hydrogens (tertiary/aromatic N) is 1. The molecule has 17 heavy (non-hydrogen) atoms. The van der Waals surface area contributed by atoms with Crippen molar-refractivity contribution < 1.29 is 9.90 Å². The van der Waals surface area contributed by atoms with Gasteiger partial charge in [-0.1, -0.05) is 44.9 Å². The van der Waals surface area contributed by atoms with Gasteiger partial charge >= 0.3 is 5.97 Å². The van der Waals surface area contributed by atoms with Crippen molar-refractivity contribution in [2.45, 2.75) is 70.8 Å². The van der Waals surface area contributed by atoms with Gasteiger partial charge in [0.05, 0.1) is 0 Å². The van der Waals surface area contributed by atoms with Crippen LogP contribution in [0.1, 0.15) is 64.7 Å². The normalized spacial score (nSPS) is 23.4. The molecule has 0 aromatic heterocycles. The first kappa shape index (κ1) is 14.5. The van der Waals surface area contributed by atoms with E-state index in [0.29, 0.717) is 0 Å². The highest BCUT2D eigenvalue weighted by Crippen LogP contribution is 2.14. The average molecular weight is 241 g/mol. The molecule has 0 radical (unpaired) electrons. The maximum atomic E-state index is 11.0. The van der Waals surface area contributed by atoms with Crippen LogP contribution in [0.3, 0.4) is 0 Å². The first-order chi connectivity index (χ1) is 8.22. The fourth-order valence-electron chi connectivity index (χ4n) is 2.52. The van der Waals surface area contributed by atoms with Gasteiger partial charge < -0.3 is 5.11 Å². The van der Waals surface area contributed by atoms with Gasteiger partial charge in [0.25, 0.3) is 0 Å². The monoisotopic (exact) mass is 241 g/mol. The van der Waals surface area contributed by atoms with E-state index >= 15 is 0 Å². The van der Waals surface area contributed by atoms with Crippen LogP contribution in [0, 0.1) is 0 Å². The number of hydrogen-bond donors (Lipinski definition) is 1. The van der Waals surface area contributed by atoms with Gasteiger partial charge in [-0.3, -0.25) is 9.69 Å². The Bertz CT molecular complexity index is 206. The van der Waals surface area contributed by atoms with Gasteiger partial charge in [-0.25, -0.2) is 0 Å². The van der Waals surface area contributed by atoms with Crippen LogP contribution in [0.15, 0.2) is 0 Å². The number of carboxylic acid groups (broad SMARTS) is 1. The quantitative estimate of drug-likeness (QED) is 0.806. The molecule has 1 aliphatic heterocycles. The maximum absolute atomic E-state index is 11.0. The van der Waals surface area contributed by atoms with E-state index in [1.54, 1.807) is 0 Å². The van der Waals surface area contributed by atoms with Gasteiger partial charge in [-0.05, 0) is 32.9 Å². The van der Waals surface area contributed by atoms with Gasteiger partial charge in [0.1, 0.15) is 6.04 Å². The minimum absolute atomic E-state index is 0.321. The van der Waals surface area contributed by atoms with Crippen molar-refractivity contribution in [2.75, 3.05) is 13.1 Å². The fraction of sp³-hybridized carbons (Fsp3) is 0.929. The second-order valence-electron chi connectivity index (χ2n) is 5.23. The summed E-state index contributed by atoms with van der Waals surface area (Å²) in [5, 5.41) is 9.08. The Hall–Kier alpha value is -0.570. The number of aliphatic carboxylic acids is 1. The lowest BCUT2D eigenvalue weighted by molar-refractivity contribution is -0.142. The highest BCUT2D eigenvalue weighted by molar-refractivity contribution is 5.72. The van der Waals surface area contributed by atoms with Crippen LogP contribution < -0.4 is 0 Å². The summed E-state index contributed by atoms with van der Waals surface area (Å²) in [5.41, 5.74) is 0. The number of carbonyl (C=O) groups is 1. The van der Waals surface area contributed by atoms with Crippen molar-refractivity contribution in [3.8, 4) is 0 Å². The summed E-state index contributed by atoms with van der Waals surface area (Å²) in [6.45, 7) is 3.72. The molecule has 1 unspecified atom stereocenters. The van der Waals surface area contributed by atoms with Crippen LogP contribution in [0.2, 0.25) is 0 Å². The van der Waals surface area contributed by atoms with E-state index in [2.05, 4.69) is 4.90 Å². The molecule has 0 aliphatic carbocycles. The van der Waals surface area contributed by atoms with Crippen LogP contribution in [-0.2, 0) is 4.79 Å². The SMILES string of the molecule is CC(C(=O)O)N1CCCCCCCCCCC1. The van der Waals surface area contributed by atoms with E-state index in [4.69, 9.17) is 5.11 Å². The van der Waals surface area contributed by atoms with E-state index in [9.17, 15) is 4.79 Å². The molecule has 1 aliphatic rings. The smallest absolute Gasteiger partial charge is 0.320 e. The van der Waals surface area contributed by atoms with Crippen LogP contribution in [0.25, 0.3) is 0 Å². The van der Waals surface area contributed by atoms with E-state index in [1.807, 2.05) is 6.92 Å². The van der Waals surface area contributed by atoms with Gasteiger partial charge in [0.15, 0.2) is 0 Å². The number of hydrogen-bond acceptors (Lipinski definition) is 2. The molecule has 0 amide bonds. The summed E-state index contributed by atoms with van der Waals surface area (Å²) in [5.74, 6) is -0.683. The molecule has 1 N–H and O–H groups in total. The molecule has 3 heteroatoms. The van der Waals surface area contributed by atoms with Gasteiger partial charge in [0, 0.05) is 0 Å². The van der Waals surface area contributed by atoms with E-state index < -0.39 is 5.97 Å². The minimum Gasteiger partial charge on any atom is -0.480 e. The Kier molecular flexibility index (Phi) is 7.25. The highest BCUT2D eigenvalue weighted by atomic mass is 16.4. The van der Waals surface area contributed by atoms with Gasteiger partial charge in [-0.2, -0.15) is 0 Å². The summed E-state index contributed by atoms with van der Waals surface area (Å²) in [6, 6.07) is -0.321. The molecule has 1 atom stereocenters. The first-order valence-electron chi connectivity index (χ1n) is 7.18. The van der Waals surface area contributed by atoms with Crippen molar-refractivity contribution in [3.63, 3.8) is 0 Å². The zero-order valence-corrected chi connectivity index (χ0v) is 11.2. The van der Waals surface area contributed by atoms with Crippen molar-refractivity contribution in [2.24, 2.45) is 0 Å². The van der Waals surface area contributed by atoms with Gasteiger partial charge in [0.2, 0.25) is 0 Å². The van der Waals surface area contributed by atoms with Crippen molar-refractivity contribution in [1.29, 1.82) is 0 Å². The second-order valence-corrected chi connectivity index (χ2v) is 5.23. The Morgan fingerprint density at radius 2 is 1.24 bits per heavy atom. The van der Waals surface area contributed by atoms with Crippen LogP contribution in [0.4, 0.5) is 0 Å². The summed E-state index contributed by atoms with van der Waals surface area (Å²) < 4.78 is 0. The van der Waals surface area contributed by atoms with Gasteiger partial charge in [-0.15, -0.1) is 0 Å². The molecule has 3 nitrogen and oxygen atoms in total. The topological polar surface area (TPSA) is 40.5 Å². The number of carboxylic acids is 1. The highest BCUT2D eigenvalue weighted by Gasteiger charge is 2.19. The molecule has 1 fully saturated rings. The van der Waals surface area contributed by atoms with Crippen molar-refractivity contribution in [3.05, 3.63) is 0 Å². The first-order valence-corrected chi connectivity index (χ1v) is 7.18. The zero-order chi connectivity index (χ0) is 12.5. The predicted octanol–water partition coefficient (Wildman–Crippen LogP) is 3.29. The Morgan fingerprint density at radius 1 is 0.882 bits per heavy atom. The Labute approximate surface area is 105 Å². The molecule has 0 aromatic rings. The molecule has 100 valence electrons. The molecule has 0 saturated carbocycles. The van der Waals surface area contributed by atoms with E-state index in [0.717, 1.165) is 25.9 Å². The average Bonchev–Trinajstić information content (AvgIpc) is 2.29. The number of rotatable bonds is 2. The third-order valence-corrected chi connectivity index (χ3v) is 3.80. The lowest BCUT2D eigenvalue weighted by atomic mass is 10.0. The summed E-state index contributed by atoms with van der Waals surface area (Å²) in [6.07, 6.45) is 11.5. The standard InChI is InChI=1S/C14H27NO2/c1-13(14(16)17)15-11-9-7-5-3-2-4-6-8-10-12-15/h13H,2-12H2,1H3,(H,16,17). The molecule has 1 heterocycles. The molecule has 0 spiro atoms. The van der Waals surface area contributed by atoms with Crippen molar-refractivity contribution in [1.82, 2.24) is 4.90 Å². The fourth-order valence-corrected chi connectivity index (χ4v) is 2.52.